The van der Waals surface area contributed by atoms with E-state index in [9.17, 15) is 9.50 Å². The molecule has 1 saturated carbocycles. The van der Waals surface area contributed by atoms with Crippen LogP contribution in [0.15, 0.2) is 18.2 Å². The summed E-state index contributed by atoms with van der Waals surface area (Å²) in [5.74, 6) is 0.174. The summed E-state index contributed by atoms with van der Waals surface area (Å²) in [4.78, 5) is 0. The fourth-order valence-electron chi connectivity index (χ4n) is 2.29. The summed E-state index contributed by atoms with van der Waals surface area (Å²) in [5, 5.41) is 9.43. The molecular weight excluding hydrogens is 179 g/mol. The molecule has 0 radical (unpaired) electrons. The normalized spacial score (nSPS) is 26.8. The lowest BCUT2D eigenvalue weighted by molar-refractivity contribution is 0.181. The van der Waals surface area contributed by atoms with Crippen molar-refractivity contribution in [1.82, 2.24) is 0 Å². The fraction of sp³-hybridized carbons (Fsp3) is 0.500. The molecule has 14 heavy (non-hydrogen) atoms. The van der Waals surface area contributed by atoms with Crippen molar-refractivity contribution >= 4 is 0 Å². The lowest BCUT2D eigenvalue weighted by Gasteiger charge is -2.12. The summed E-state index contributed by atoms with van der Waals surface area (Å²) >= 11 is 0. The maximum Gasteiger partial charge on any atom is 0.123 e. The Morgan fingerprint density at radius 2 is 2.14 bits per heavy atom. The summed E-state index contributed by atoms with van der Waals surface area (Å²) in [7, 11) is 0. The maximum absolute atomic E-state index is 13.0. The van der Waals surface area contributed by atoms with E-state index in [1.165, 1.54) is 6.07 Å². The zero-order valence-electron chi connectivity index (χ0n) is 8.33. The Hall–Kier alpha value is -0.890. The topological polar surface area (TPSA) is 20.2 Å². The van der Waals surface area contributed by atoms with Crippen molar-refractivity contribution in [1.29, 1.82) is 0 Å². The van der Waals surface area contributed by atoms with E-state index >= 15 is 0 Å². The third-order valence-corrected chi connectivity index (χ3v) is 3.09. The van der Waals surface area contributed by atoms with Crippen molar-refractivity contribution in [3.8, 4) is 0 Å². The number of aliphatic hydroxyl groups is 1. The van der Waals surface area contributed by atoms with Crippen LogP contribution < -0.4 is 0 Å². The molecule has 0 spiro atoms. The molecule has 0 bridgehead atoms. The molecule has 0 aliphatic heterocycles. The zero-order chi connectivity index (χ0) is 10.1. The van der Waals surface area contributed by atoms with Crippen molar-refractivity contribution in [2.24, 2.45) is 0 Å². The van der Waals surface area contributed by atoms with Gasteiger partial charge in [-0.05, 0) is 55.4 Å². The van der Waals surface area contributed by atoms with Gasteiger partial charge in [-0.15, -0.1) is 0 Å². The molecule has 76 valence electrons. The zero-order valence-corrected chi connectivity index (χ0v) is 8.33. The molecular formula is C12H15FO. The second kappa shape index (κ2) is 3.70. The number of aliphatic hydroxyl groups excluding tert-OH is 1. The van der Waals surface area contributed by atoms with Crippen LogP contribution in [0.3, 0.4) is 0 Å². The highest BCUT2D eigenvalue weighted by Crippen LogP contribution is 2.36. The second-order valence-corrected chi connectivity index (χ2v) is 4.16. The minimum Gasteiger partial charge on any atom is -0.393 e. The highest BCUT2D eigenvalue weighted by Gasteiger charge is 2.25. The van der Waals surface area contributed by atoms with E-state index in [4.69, 9.17) is 0 Å². The first kappa shape index (κ1) is 9.66. The Balaban J connectivity index is 2.27. The fourth-order valence-corrected chi connectivity index (χ4v) is 2.29. The standard InChI is InChI=1S/C12H15FO/c1-8-2-4-10(13)7-12(8)9-3-5-11(14)6-9/h2,4,7,9,11,14H,3,5-6H2,1H3. The first-order chi connectivity index (χ1) is 6.66. The quantitative estimate of drug-likeness (QED) is 0.728. The molecule has 0 amide bonds. The van der Waals surface area contributed by atoms with Crippen LogP contribution in [0.4, 0.5) is 4.39 Å². The van der Waals surface area contributed by atoms with Crippen molar-refractivity contribution in [3.63, 3.8) is 0 Å². The van der Waals surface area contributed by atoms with Gasteiger partial charge >= 0.3 is 0 Å². The molecule has 1 aromatic rings. The third-order valence-electron chi connectivity index (χ3n) is 3.09. The van der Waals surface area contributed by atoms with Crippen molar-refractivity contribution in [2.75, 3.05) is 0 Å². The average Bonchev–Trinajstić information content (AvgIpc) is 2.56. The second-order valence-electron chi connectivity index (χ2n) is 4.16. The molecule has 1 fully saturated rings. The summed E-state index contributed by atoms with van der Waals surface area (Å²) < 4.78 is 13.0. The van der Waals surface area contributed by atoms with E-state index in [1.807, 2.05) is 13.0 Å². The van der Waals surface area contributed by atoms with Gasteiger partial charge in [-0.1, -0.05) is 6.07 Å². The molecule has 0 heterocycles. The summed E-state index contributed by atoms with van der Waals surface area (Å²) in [6, 6.07) is 4.91. The number of benzene rings is 1. The first-order valence-electron chi connectivity index (χ1n) is 5.11. The van der Waals surface area contributed by atoms with Gasteiger partial charge in [0.1, 0.15) is 5.82 Å². The van der Waals surface area contributed by atoms with Gasteiger partial charge < -0.3 is 5.11 Å². The van der Waals surface area contributed by atoms with Crippen LogP contribution in [-0.4, -0.2) is 11.2 Å². The van der Waals surface area contributed by atoms with Crippen molar-refractivity contribution in [2.45, 2.75) is 38.2 Å². The lowest BCUT2D eigenvalue weighted by atomic mass is 9.93. The minimum absolute atomic E-state index is 0.174. The number of hydrogen-bond donors (Lipinski definition) is 1. The Labute approximate surface area is 83.6 Å². The predicted molar refractivity (Wildman–Crippen MR) is 53.7 cm³/mol. The Morgan fingerprint density at radius 3 is 2.79 bits per heavy atom. The van der Waals surface area contributed by atoms with Crippen LogP contribution in [0.2, 0.25) is 0 Å². The van der Waals surface area contributed by atoms with Crippen LogP contribution >= 0.6 is 0 Å². The van der Waals surface area contributed by atoms with Crippen LogP contribution in [0.1, 0.15) is 36.3 Å². The molecule has 2 rings (SSSR count). The predicted octanol–water partition coefficient (Wildman–Crippen LogP) is 2.76. The van der Waals surface area contributed by atoms with Gasteiger partial charge in [0.15, 0.2) is 0 Å². The average molecular weight is 194 g/mol. The van der Waals surface area contributed by atoms with Gasteiger partial charge in [0.2, 0.25) is 0 Å². The molecule has 1 N–H and O–H groups in total. The summed E-state index contributed by atoms with van der Waals surface area (Å²) in [6.07, 6.45) is 2.42. The Morgan fingerprint density at radius 1 is 1.36 bits per heavy atom. The number of halogens is 1. The molecule has 1 aliphatic carbocycles. The van der Waals surface area contributed by atoms with Gasteiger partial charge in [-0.2, -0.15) is 0 Å². The van der Waals surface area contributed by atoms with Crippen LogP contribution in [0.5, 0.6) is 0 Å². The van der Waals surface area contributed by atoms with Crippen LogP contribution in [-0.2, 0) is 0 Å². The SMILES string of the molecule is Cc1ccc(F)cc1C1CCC(O)C1. The van der Waals surface area contributed by atoms with Crippen molar-refractivity contribution in [3.05, 3.63) is 35.1 Å². The summed E-state index contributed by atoms with van der Waals surface area (Å²) in [6.45, 7) is 2.00. The molecule has 2 unspecified atom stereocenters. The van der Waals surface area contributed by atoms with E-state index in [0.717, 1.165) is 30.4 Å². The Kier molecular flexibility index (Phi) is 2.55. The smallest absolute Gasteiger partial charge is 0.123 e. The molecule has 2 heteroatoms. The van der Waals surface area contributed by atoms with E-state index in [-0.39, 0.29) is 11.9 Å². The number of aryl methyl sites for hydroxylation is 1. The van der Waals surface area contributed by atoms with Gasteiger partial charge in [0.25, 0.3) is 0 Å². The minimum atomic E-state index is -0.192. The molecule has 0 aromatic heterocycles. The van der Waals surface area contributed by atoms with E-state index in [1.54, 1.807) is 6.07 Å². The largest absolute Gasteiger partial charge is 0.393 e. The van der Waals surface area contributed by atoms with Gasteiger partial charge in [0, 0.05) is 0 Å². The highest BCUT2D eigenvalue weighted by molar-refractivity contribution is 5.30. The monoisotopic (exact) mass is 194 g/mol. The van der Waals surface area contributed by atoms with E-state index in [0.29, 0.717) is 5.92 Å². The first-order valence-corrected chi connectivity index (χ1v) is 5.11. The molecule has 0 saturated heterocycles. The molecule has 1 nitrogen and oxygen atoms in total. The molecule has 1 aromatic carbocycles. The van der Waals surface area contributed by atoms with E-state index < -0.39 is 0 Å². The molecule has 2 atom stereocenters. The van der Waals surface area contributed by atoms with Gasteiger partial charge in [-0.25, -0.2) is 4.39 Å². The lowest BCUT2D eigenvalue weighted by Crippen LogP contribution is -2.01. The van der Waals surface area contributed by atoms with E-state index in [2.05, 4.69) is 0 Å². The van der Waals surface area contributed by atoms with Crippen LogP contribution in [0.25, 0.3) is 0 Å². The third kappa shape index (κ3) is 1.80. The highest BCUT2D eigenvalue weighted by atomic mass is 19.1. The summed E-state index contributed by atoms with van der Waals surface area (Å²) in [5.41, 5.74) is 2.20. The van der Waals surface area contributed by atoms with Gasteiger partial charge in [-0.3, -0.25) is 0 Å². The maximum atomic E-state index is 13.0. The van der Waals surface area contributed by atoms with Crippen LogP contribution in [0, 0.1) is 12.7 Å². The number of hydrogen-bond acceptors (Lipinski definition) is 1. The molecule has 1 aliphatic rings. The van der Waals surface area contributed by atoms with Crippen molar-refractivity contribution < 1.29 is 9.50 Å². The number of rotatable bonds is 1. The van der Waals surface area contributed by atoms with Gasteiger partial charge in [0.05, 0.1) is 6.10 Å². The Bertz CT molecular complexity index is 335.